The topological polar surface area (TPSA) is 96.0 Å². The van der Waals surface area contributed by atoms with Crippen LogP contribution in [-0.4, -0.2) is 15.6 Å². The molecule has 0 unspecified atom stereocenters. The zero-order valence-corrected chi connectivity index (χ0v) is 13.7. The number of aromatic nitrogens is 2. The first-order chi connectivity index (χ1) is 11.5. The molecule has 1 aliphatic heterocycles. The first-order valence-corrected chi connectivity index (χ1v) is 8.02. The number of unbranched alkanes of at least 4 members (excludes halogenated alkanes) is 1. The van der Waals surface area contributed by atoms with E-state index in [2.05, 4.69) is 15.6 Å². The van der Waals surface area contributed by atoms with Gasteiger partial charge in [0.05, 0.1) is 11.6 Å². The predicted molar refractivity (Wildman–Crippen MR) is 91.4 cm³/mol. The van der Waals surface area contributed by atoms with Gasteiger partial charge in [-0.1, -0.05) is 43.2 Å². The molecule has 7 nitrogen and oxygen atoms in total. The number of benzene rings is 1. The maximum Gasteiger partial charge on any atom is 0.329 e. The van der Waals surface area contributed by atoms with E-state index in [-0.39, 0.29) is 5.82 Å². The molecule has 0 saturated carbocycles. The molecule has 0 spiro atoms. The Morgan fingerprint density at radius 3 is 2.71 bits per heavy atom. The van der Waals surface area contributed by atoms with Gasteiger partial charge in [0, 0.05) is 6.54 Å². The average Bonchev–Trinajstić information content (AvgIpc) is 2.53. The van der Waals surface area contributed by atoms with E-state index in [1.54, 1.807) is 0 Å². The highest BCUT2D eigenvalue weighted by Crippen LogP contribution is 2.28. The van der Waals surface area contributed by atoms with E-state index in [0.29, 0.717) is 12.1 Å². The summed E-state index contributed by atoms with van der Waals surface area (Å²) in [5.41, 5.74) is 1.20. The first-order valence-electron chi connectivity index (χ1n) is 8.02. The van der Waals surface area contributed by atoms with Gasteiger partial charge in [0.15, 0.2) is 0 Å². The molecule has 2 heterocycles. The van der Waals surface area contributed by atoms with Crippen molar-refractivity contribution in [1.82, 2.24) is 14.9 Å². The summed E-state index contributed by atoms with van der Waals surface area (Å²) in [6.45, 7) is 4.40. The van der Waals surface area contributed by atoms with Crippen LogP contribution in [-0.2, 0) is 6.54 Å². The summed E-state index contributed by atoms with van der Waals surface area (Å²) in [4.78, 5) is 39.0. The van der Waals surface area contributed by atoms with E-state index in [0.717, 1.165) is 24.0 Å². The molecule has 1 aromatic carbocycles. The van der Waals surface area contributed by atoms with Crippen LogP contribution < -0.4 is 21.9 Å². The number of nitrogens with one attached hydrogen (secondary N) is 3. The molecule has 1 atom stereocenters. The van der Waals surface area contributed by atoms with E-state index in [1.807, 2.05) is 38.1 Å². The van der Waals surface area contributed by atoms with Crippen molar-refractivity contribution in [2.75, 3.05) is 5.32 Å². The lowest BCUT2D eigenvalue weighted by molar-refractivity contribution is 0.248. The molecule has 2 aromatic rings. The predicted octanol–water partition coefficient (Wildman–Crippen LogP) is 1.87. The third kappa shape index (κ3) is 2.84. The van der Waals surface area contributed by atoms with E-state index >= 15 is 0 Å². The molecule has 126 valence electrons. The Morgan fingerprint density at radius 1 is 1.21 bits per heavy atom. The van der Waals surface area contributed by atoms with Crippen LogP contribution in [0, 0.1) is 6.92 Å². The van der Waals surface area contributed by atoms with Gasteiger partial charge in [0.1, 0.15) is 5.82 Å². The normalized spacial score (nSPS) is 16.2. The van der Waals surface area contributed by atoms with Crippen molar-refractivity contribution in [3.8, 4) is 0 Å². The Hall–Kier alpha value is -2.83. The van der Waals surface area contributed by atoms with Crippen molar-refractivity contribution in [2.45, 2.75) is 39.3 Å². The smallest absolute Gasteiger partial charge is 0.327 e. The molecule has 3 rings (SSSR count). The summed E-state index contributed by atoms with van der Waals surface area (Å²) in [5.74, 6) is 0.285. The van der Waals surface area contributed by atoms with Gasteiger partial charge in [0.25, 0.3) is 5.56 Å². The third-order valence-electron chi connectivity index (χ3n) is 4.14. The zero-order chi connectivity index (χ0) is 17.3. The maximum atomic E-state index is 12.4. The molecule has 24 heavy (non-hydrogen) atoms. The van der Waals surface area contributed by atoms with Gasteiger partial charge in [0.2, 0.25) is 0 Å². The summed E-state index contributed by atoms with van der Waals surface area (Å²) < 4.78 is 1.43. The minimum atomic E-state index is -0.592. The second-order valence-electron chi connectivity index (χ2n) is 5.97. The Balaban J connectivity index is 2.20. The fourth-order valence-corrected chi connectivity index (χ4v) is 2.97. The van der Waals surface area contributed by atoms with Crippen LogP contribution in [0.25, 0.3) is 0 Å². The minimum absolute atomic E-state index is 0.285. The summed E-state index contributed by atoms with van der Waals surface area (Å²) >= 11 is 0. The highest BCUT2D eigenvalue weighted by atomic mass is 16.2. The number of H-pyrrole nitrogens is 1. The van der Waals surface area contributed by atoms with Crippen LogP contribution >= 0.6 is 0 Å². The van der Waals surface area contributed by atoms with E-state index in [9.17, 15) is 14.4 Å². The van der Waals surface area contributed by atoms with E-state index in [4.69, 9.17) is 0 Å². The fourth-order valence-electron chi connectivity index (χ4n) is 2.97. The number of amides is 2. The quantitative estimate of drug-likeness (QED) is 0.799. The van der Waals surface area contributed by atoms with Gasteiger partial charge < -0.3 is 5.32 Å². The lowest BCUT2D eigenvalue weighted by Gasteiger charge is -2.28. The molecule has 0 fully saturated rings. The fraction of sp³-hybridized carbons (Fsp3) is 0.353. The maximum absolute atomic E-state index is 12.4. The Labute approximate surface area is 138 Å². The number of fused-ring (bicyclic) bond motifs is 1. The minimum Gasteiger partial charge on any atom is -0.327 e. The highest BCUT2D eigenvalue weighted by Gasteiger charge is 2.31. The van der Waals surface area contributed by atoms with Crippen LogP contribution in [0.5, 0.6) is 0 Å². The molecule has 0 aliphatic carbocycles. The van der Waals surface area contributed by atoms with Crippen molar-refractivity contribution in [3.05, 3.63) is 61.8 Å². The summed E-state index contributed by atoms with van der Waals surface area (Å²) in [6.07, 6.45) is 1.67. The second kappa shape index (κ2) is 6.35. The molecule has 1 aliphatic rings. The third-order valence-corrected chi connectivity index (χ3v) is 4.14. The number of carbonyl (C=O) groups is 1. The first kappa shape index (κ1) is 16.0. The SMILES string of the molecule is CCCCn1c2c(c(=O)[nH]c1=O)[C@H](c1cccc(C)c1)NC(=O)N2. The van der Waals surface area contributed by atoms with Crippen molar-refractivity contribution in [2.24, 2.45) is 0 Å². The van der Waals surface area contributed by atoms with Gasteiger partial charge in [-0.2, -0.15) is 0 Å². The van der Waals surface area contributed by atoms with Crippen LogP contribution in [0.4, 0.5) is 10.6 Å². The standard InChI is InChI=1S/C17H20N4O3/c1-3-4-8-21-14-12(15(22)20-17(21)24)13(18-16(23)19-14)11-7-5-6-10(2)9-11/h5-7,9,13H,3-4,8H2,1-2H3,(H2,18,19,23)(H,20,22,24)/t13-/m0/s1. The van der Waals surface area contributed by atoms with Gasteiger partial charge in [-0.05, 0) is 18.9 Å². The van der Waals surface area contributed by atoms with Gasteiger partial charge in [-0.15, -0.1) is 0 Å². The van der Waals surface area contributed by atoms with E-state index in [1.165, 1.54) is 4.57 Å². The molecule has 7 heteroatoms. The number of rotatable bonds is 4. The summed E-state index contributed by atoms with van der Waals surface area (Å²) in [5, 5.41) is 5.40. The van der Waals surface area contributed by atoms with Crippen LogP contribution in [0.15, 0.2) is 33.9 Å². The number of aromatic amines is 1. The molecular weight excluding hydrogens is 308 g/mol. The monoisotopic (exact) mass is 328 g/mol. The van der Waals surface area contributed by atoms with Gasteiger partial charge >= 0.3 is 11.7 Å². The number of nitrogens with zero attached hydrogens (tertiary/aromatic N) is 1. The van der Waals surface area contributed by atoms with Crippen molar-refractivity contribution >= 4 is 11.8 Å². The average molecular weight is 328 g/mol. The molecule has 0 bridgehead atoms. The summed E-state index contributed by atoms with van der Waals surface area (Å²) in [6, 6.07) is 6.57. The molecular formula is C17H20N4O3. The van der Waals surface area contributed by atoms with Crippen molar-refractivity contribution < 1.29 is 4.79 Å². The van der Waals surface area contributed by atoms with Crippen molar-refractivity contribution in [1.29, 1.82) is 0 Å². The zero-order valence-electron chi connectivity index (χ0n) is 13.7. The van der Waals surface area contributed by atoms with E-state index < -0.39 is 23.3 Å². The molecule has 0 radical (unpaired) electrons. The number of urea groups is 1. The Kier molecular flexibility index (Phi) is 4.24. The largest absolute Gasteiger partial charge is 0.329 e. The molecule has 1 aromatic heterocycles. The molecule has 3 N–H and O–H groups in total. The number of anilines is 1. The Bertz CT molecular complexity index is 897. The Morgan fingerprint density at radius 2 is 2.00 bits per heavy atom. The van der Waals surface area contributed by atoms with Crippen LogP contribution in [0.2, 0.25) is 0 Å². The molecule has 0 saturated heterocycles. The van der Waals surface area contributed by atoms with Crippen molar-refractivity contribution in [3.63, 3.8) is 0 Å². The van der Waals surface area contributed by atoms with Gasteiger partial charge in [-0.25, -0.2) is 9.59 Å². The van der Waals surface area contributed by atoms with Crippen LogP contribution in [0.1, 0.15) is 42.5 Å². The number of hydrogen-bond donors (Lipinski definition) is 3. The number of aryl methyl sites for hydroxylation is 1. The number of hydrogen-bond acceptors (Lipinski definition) is 3. The lowest BCUT2D eigenvalue weighted by Crippen LogP contribution is -2.46. The molecule has 2 amide bonds. The summed E-state index contributed by atoms with van der Waals surface area (Å²) in [7, 11) is 0. The highest BCUT2D eigenvalue weighted by molar-refractivity contribution is 5.92. The van der Waals surface area contributed by atoms with Gasteiger partial charge in [-0.3, -0.25) is 19.7 Å². The number of carbonyl (C=O) groups excluding carboxylic acids is 1. The van der Waals surface area contributed by atoms with Crippen LogP contribution in [0.3, 0.4) is 0 Å². The second-order valence-corrected chi connectivity index (χ2v) is 5.97. The lowest BCUT2D eigenvalue weighted by atomic mass is 9.97.